The summed E-state index contributed by atoms with van der Waals surface area (Å²) in [4.78, 5) is 13.1. The number of amides is 1. The molecule has 5 nitrogen and oxygen atoms in total. The van der Waals surface area contributed by atoms with E-state index >= 15 is 0 Å². The Morgan fingerprint density at radius 3 is 2.84 bits per heavy atom. The summed E-state index contributed by atoms with van der Waals surface area (Å²) in [6, 6.07) is 17.6. The van der Waals surface area contributed by atoms with Crippen LogP contribution in [0.25, 0.3) is 11.3 Å². The largest absolute Gasteiger partial charge is 0.497 e. The Hall–Kier alpha value is -2.73. The third-order valence-electron chi connectivity index (χ3n) is 3.67. The molecule has 0 aliphatic heterocycles. The predicted molar refractivity (Wildman–Crippen MR) is 99.6 cm³/mol. The van der Waals surface area contributed by atoms with E-state index in [0.717, 1.165) is 27.5 Å². The van der Waals surface area contributed by atoms with Gasteiger partial charge in [-0.3, -0.25) is 9.89 Å². The minimum atomic E-state index is -0.0203. The number of hydrogen-bond donors (Lipinski definition) is 2. The highest BCUT2D eigenvalue weighted by Gasteiger charge is 2.09. The maximum atomic E-state index is 12.1. The number of nitrogens with zero attached hydrogens (tertiary/aromatic N) is 1. The van der Waals surface area contributed by atoms with Gasteiger partial charge in [0, 0.05) is 17.0 Å². The van der Waals surface area contributed by atoms with Crippen LogP contribution in [0.5, 0.6) is 5.75 Å². The highest BCUT2D eigenvalue weighted by atomic mass is 32.2. The summed E-state index contributed by atoms with van der Waals surface area (Å²) in [5, 5.41) is 10.0. The number of carbonyl (C=O) groups is 1. The number of thioether (sulfide) groups is 1. The molecule has 0 unspecified atom stereocenters. The first-order valence-corrected chi connectivity index (χ1v) is 8.86. The summed E-state index contributed by atoms with van der Waals surface area (Å²) in [5.74, 6) is 1.12. The van der Waals surface area contributed by atoms with E-state index in [1.807, 2.05) is 54.6 Å². The van der Waals surface area contributed by atoms with Gasteiger partial charge < -0.3 is 10.1 Å². The van der Waals surface area contributed by atoms with Gasteiger partial charge in [0.05, 0.1) is 24.8 Å². The fourth-order valence-corrected chi connectivity index (χ4v) is 3.16. The molecule has 3 aromatic rings. The summed E-state index contributed by atoms with van der Waals surface area (Å²) in [7, 11) is 1.63. The quantitative estimate of drug-likeness (QED) is 0.638. The van der Waals surface area contributed by atoms with Gasteiger partial charge in [-0.05, 0) is 23.8 Å². The van der Waals surface area contributed by atoms with E-state index in [1.165, 1.54) is 11.8 Å². The molecule has 25 heavy (non-hydrogen) atoms. The van der Waals surface area contributed by atoms with Crippen LogP contribution in [0.1, 0.15) is 5.56 Å². The number of nitrogens with one attached hydrogen (secondary N) is 2. The van der Waals surface area contributed by atoms with E-state index in [-0.39, 0.29) is 5.91 Å². The molecule has 0 atom stereocenters. The first-order valence-electron chi connectivity index (χ1n) is 7.87. The van der Waals surface area contributed by atoms with E-state index in [1.54, 1.807) is 13.3 Å². The van der Waals surface area contributed by atoms with E-state index < -0.39 is 0 Å². The van der Waals surface area contributed by atoms with Crippen LogP contribution in [0.4, 0.5) is 0 Å². The van der Waals surface area contributed by atoms with Crippen LogP contribution in [-0.4, -0.2) is 29.0 Å². The molecular formula is C19H19N3O2S. The number of aromatic nitrogens is 2. The summed E-state index contributed by atoms with van der Waals surface area (Å²) in [6.07, 6.45) is 1.75. The molecule has 2 aromatic carbocycles. The molecule has 2 N–H and O–H groups in total. The molecule has 6 heteroatoms. The molecule has 0 radical (unpaired) electrons. The van der Waals surface area contributed by atoms with Gasteiger partial charge >= 0.3 is 0 Å². The van der Waals surface area contributed by atoms with Crippen molar-refractivity contribution in [2.45, 2.75) is 11.4 Å². The van der Waals surface area contributed by atoms with Crippen LogP contribution in [0.3, 0.4) is 0 Å². The van der Waals surface area contributed by atoms with Crippen LogP contribution in [0.2, 0.25) is 0 Å². The van der Waals surface area contributed by atoms with E-state index in [2.05, 4.69) is 15.5 Å². The molecule has 0 aliphatic carbocycles. The minimum absolute atomic E-state index is 0.0203. The minimum Gasteiger partial charge on any atom is -0.497 e. The lowest BCUT2D eigenvalue weighted by molar-refractivity contribution is -0.118. The number of H-pyrrole nitrogens is 1. The fraction of sp³-hybridized carbons (Fsp3) is 0.158. The highest BCUT2D eigenvalue weighted by Crippen LogP contribution is 2.23. The van der Waals surface area contributed by atoms with Gasteiger partial charge in [0.2, 0.25) is 5.91 Å². The molecule has 3 rings (SSSR count). The average Bonchev–Trinajstić information content (AvgIpc) is 3.14. The normalized spacial score (nSPS) is 10.4. The lowest BCUT2D eigenvalue weighted by atomic mass is 10.1. The van der Waals surface area contributed by atoms with Crippen molar-refractivity contribution in [3.05, 3.63) is 66.4 Å². The Morgan fingerprint density at radius 2 is 2.04 bits per heavy atom. The SMILES string of the molecule is COc1cccc(SCC(=O)NCc2cn[nH]c2-c2ccccc2)c1. The van der Waals surface area contributed by atoms with Crippen molar-refractivity contribution >= 4 is 17.7 Å². The van der Waals surface area contributed by atoms with Gasteiger partial charge in [-0.2, -0.15) is 5.10 Å². The number of rotatable bonds is 7. The zero-order valence-corrected chi connectivity index (χ0v) is 14.7. The lowest BCUT2D eigenvalue weighted by Gasteiger charge is -2.07. The summed E-state index contributed by atoms with van der Waals surface area (Å²) in [6.45, 7) is 0.443. The Labute approximate surface area is 150 Å². The molecule has 1 amide bonds. The fourth-order valence-electron chi connectivity index (χ4n) is 2.38. The third kappa shape index (κ3) is 4.64. The van der Waals surface area contributed by atoms with Crippen LogP contribution >= 0.6 is 11.8 Å². The van der Waals surface area contributed by atoms with E-state index in [9.17, 15) is 4.79 Å². The van der Waals surface area contributed by atoms with Crippen molar-refractivity contribution in [1.82, 2.24) is 15.5 Å². The highest BCUT2D eigenvalue weighted by molar-refractivity contribution is 8.00. The molecule has 128 valence electrons. The Kier molecular flexibility index (Phi) is 5.74. The summed E-state index contributed by atoms with van der Waals surface area (Å²) < 4.78 is 5.19. The molecule has 0 aliphatic rings. The Morgan fingerprint density at radius 1 is 1.20 bits per heavy atom. The van der Waals surface area contributed by atoms with Crippen LogP contribution < -0.4 is 10.1 Å². The van der Waals surface area contributed by atoms with Crippen molar-refractivity contribution in [2.75, 3.05) is 12.9 Å². The van der Waals surface area contributed by atoms with Crippen LogP contribution in [0.15, 0.2) is 65.7 Å². The lowest BCUT2D eigenvalue weighted by Crippen LogP contribution is -2.24. The number of ether oxygens (including phenoxy) is 1. The zero-order chi connectivity index (χ0) is 17.5. The maximum Gasteiger partial charge on any atom is 0.230 e. The second kappa shape index (κ2) is 8.39. The van der Waals surface area contributed by atoms with Gasteiger partial charge in [-0.15, -0.1) is 11.8 Å². The number of benzene rings is 2. The number of methoxy groups -OCH3 is 1. The maximum absolute atomic E-state index is 12.1. The predicted octanol–water partition coefficient (Wildman–Crippen LogP) is 3.49. The first kappa shape index (κ1) is 17.1. The second-order valence-corrected chi connectivity index (χ2v) is 6.43. The van der Waals surface area contributed by atoms with Gasteiger partial charge in [0.25, 0.3) is 0 Å². The Balaban J connectivity index is 1.54. The van der Waals surface area contributed by atoms with Crippen molar-refractivity contribution in [1.29, 1.82) is 0 Å². The molecular weight excluding hydrogens is 334 g/mol. The molecule has 1 heterocycles. The Bertz CT molecular complexity index is 833. The average molecular weight is 353 g/mol. The van der Waals surface area contributed by atoms with Crippen molar-refractivity contribution < 1.29 is 9.53 Å². The van der Waals surface area contributed by atoms with Crippen molar-refractivity contribution in [2.24, 2.45) is 0 Å². The second-order valence-electron chi connectivity index (χ2n) is 5.38. The first-order chi connectivity index (χ1) is 12.3. The molecule has 0 bridgehead atoms. The topological polar surface area (TPSA) is 67.0 Å². The van der Waals surface area contributed by atoms with Gasteiger partial charge in [0.1, 0.15) is 5.75 Å². The molecule has 1 aromatic heterocycles. The van der Waals surface area contributed by atoms with Crippen molar-refractivity contribution in [3.8, 4) is 17.0 Å². The summed E-state index contributed by atoms with van der Waals surface area (Å²) in [5.41, 5.74) is 2.95. The number of carbonyl (C=O) groups excluding carboxylic acids is 1. The van der Waals surface area contributed by atoms with Crippen LogP contribution in [-0.2, 0) is 11.3 Å². The van der Waals surface area contributed by atoms with E-state index in [0.29, 0.717) is 12.3 Å². The van der Waals surface area contributed by atoms with Gasteiger partial charge in [-0.25, -0.2) is 0 Å². The number of aromatic amines is 1. The summed E-state index contributed by atoms with van der Waals surface area (Å²) >= 11 is 1.48. The third-order valence-corrected chi connectivity index (χ3v) is 4.66. The van der Waals surface area contributed by atoms with Gasteiger partial charge in [-0.1, -0.05) is 36.4 Å². The van der Waals surface area contributed by atoms with Crippen LogP contribution in [0, 0.1) is 0 Å². The van der Waals surface area contributed by atoms with Gasteiger partial charge in [0.15, 0.2) is 0 Å². The van der Waals surface area contributed by atoms with E-state index in [4.69, 9.17) is 4.74 Å². The molecule has 0 spiro atoms. The number of hydrogen-bond acceptors (Lipinski definition) is 4. The zero-order valence-electron chi connectivity index (χ0n) is 13.9. The molecule has 0 fully saturated rings. The van der Waals surface area contributed by atoms with Crippen molar-refractivity contribution in [3.63, 3.8) is 0 Å². The smallest absolute Gasteiger partial charge is 0.230 e. The monoisotopic (exact) mass is 353 g/mol. The molecule has 0 saturated carbocycles. The molecule has 0 saturated heterocycles. The standard InChI is InChI=1S/C19H19N3O2S/c1-24-16-8-5-9-17(10-16)25-13-18(23)20-11-15-12-21-22-19(15)14-6-3-2-4-7-14/h2-10,12H,11,13H2,1H3,(H,20,23)(H,21,22).